The first-order valence-electron chi connectivity index (χ1n) is 12.0. The van der Waals surface area contributed by atoms with Gasteiger partial charge in [-0.25, -0.2) is 14.6 Å². The second kappa shape index (κ2) is 9.40. The summed E-state index contributed by atoms with van der Waals surface area (Å²) in [5.74, 6) is 3.16. The second-order valence-corrected chi connectivity index (χ2v) is 10.6. The molecule has 1 aromatic carbocycles. The normalized spacial score (nSPS) is 24.9. The summed E-state index contributed by atoms with van der Waals surface area (Å²) in [5.41, 5.74) is 3.48. The number of nitrogens with one attached hydrogen (secondary N) is 1. The molecule has 0 radical (unpaired) electrons. The van der Waals surface area contributed by atoms with Crippen molar-refractivity contribution < 1.29 is 0 Å². The Labute approximate surface area is 205 Å². The van der Waals surface area contributed by atoms with Gasteiger partial charge in [0.25, 0.3) is 0 Å². The van der Waals surface area contributed by atoms with Crippen LogP contribution in [0.5, 0.6) is 0 Å². The maximum atomic E-state index is 6.50. The molecule has 3 aromatic rings. The van der Waals surface area contributed by atoms with Crippen LogP contribution in [0.3, 0.4) is 0 Å². The number of hydrogen-bond donors (Lipinski definition) is 1. The Kier molecular flexibility index (Phi) is 6.51. The van der Waals surface area contributed by atoms with Gasteiger partial charge in [-0.3, -0.25) is 0 Å². The molecular formula is C25H32Cl2N6. The molecule has 176 valence electrons. The van der Waals surface area contributed by atoms with E-state index in [0.29, 0.717) is 16.0 Å². The van der Waals surface area contributed by atoms with E-state index in [1.807, 2.05) is 29.9 Å². The van der Waals surface area contributed by atoms with Crippen molar-refractivity contribution >= 4 is 40.2 Å². The average molecular weight is 487 g/mol. The lowest BCUT2D eigenvalue weighted by Crippen LogP contribution is -2.45. The number of rotatable bonds is 4. The van der Waals surface area contributed by atoms with E-state index in [4.69, 9.17) is 38.3 Å². The number of nitrogens with zero attached hydrogens (tertiary/aromatic N) is 5. The highest BCUT2D eigenvalue weighted by Gasteiger charge is 2.33. The maximum Gasteiger partial charge on any atom is 0.179 e. The zero-order valence-corrected chi connectivity index (χ0v) is 21.1. The summed E-state index contributed by atoms with van der Waals surface area (Å²) in [4.78, 5) is 12.2. The van der Waals surface area contributed by atoms with Crippen molar-refractivity contribution in [2.45, 2.75) is 46.1 Å². The summed E-state index contributed by atoms with van der Waals surface area (Å²) in [5, 5.41) is 9.63. The highest BCUT2D eigenvalue weighted by molar-refractivity contribution is 6.35. The number of aromatic nitrogens is 4. The fourth-order valence-corrected chi connectivity index (χ4v) is 6.32. The topological polar surface area (TPSA) is 58.9 Å². The summed E-state index contributed by atoms with van der Waals surface area (Å²) in [6.45, 7) is 10.9. The summed E-state index contributed by atoms with van der Waals surface area (Å²) >= 11 is 12.6. The molecule has 2 aromatic heterocycles. The van der Waals surface area contributed by atoms with Crippen molar-refractivity contribution in [2.75, 3.05) is 31.1 Å². The minimum absolute atomic E-state index is 0.0843. The molecule has 2 aliphatic heterocycles. The van der Waals surface area contributed by atoms with Crippen molar-refractivity contribution in [1.29, 1.82) is 0 Å². The largest absolute Gasteiger partial charge is 0.355 e. The summed E-state index contributed by atoms with van der Waals surface area (Å²) in [6.07, 6.45) is 5.79. The molecule has 33 heavy (non-hydrogen) atoms. The molecule has 0 amide bonds. The van der Waals surface area contributed by atoms with Gasteiger partial charge in [-0.05, 0) is 81.6 Å². The Morgan fingerprint density at radius 1 is 1.21 bits per heavy atom. The van der Waals surface area contributed by atoms with E-state index in [-0.39, 0.29) is 6.04 Å². The maximum absolute atomic E-state index is 6.50. The molecule has 0 saturated carbocycles. The average Bonchev–Trinajstić information content (AvgIpc) is 3.15. The molecule has 2 fully saturated rings. The van der Waals surface area contributed by atoms with Crippen molar-refractivity contribution in [2.24, 2.45) is 17.8 Å². The molecule has 4 heterocycles. The molecule has 2 saturated heterocycles. The zero-order chi connectivity index (χ0) is 23.1. The minimum Gasteiger partial charge on any atom is -0.355 e. The Balaban J connectivity index is 1.41. The number of fused-ring (bicyclic) bond motifs is 1. The Hall–Kier alpha value is -1.89. The summed E-state index contributed by atoms with van der Waals surface area (Å²) in [7, 11) is 0. The predicted octanol–water partition coefficient (Wildman–Crippen LogP) is 5.51. The molecule has 0 aliphatic carbocycles. The van der Waals surface area contributed by atoms with E-state index in [1.54, 1.807) is 6.07 Å². The van der Waals surface area contributed by atoms with Crippen molar-refractivity contribution in [3.05, 3.63) is 45.7 Å². The smallest absolute Gasteiger partial charge is 0.179 e. The molecule has 8 heteroatoms. The van der Waals surface area contributed by atoms with E-state index in [0.717, 1.165) is 53.2 Å². The number of halogens is 2. The van der Waals surface area contributed by atoms with Crippen LogP contribution < -0.4 is 10.2 Å². The van der Waals surface area contributed by atoms with Gasteiger partial charge in [-0.15, -0.1) is 0 Å². The van der Waals surface area contributed by atoms with Crippen LogP contribution in [0.2, 0.25) is 10.0 Å². The molecule has 0 bridgehead atoms. The SMILES string of the molecule is Cc1nn(C(C)c2ccc(Cl)cc2Cl)c2nc(N3CCC(C4CCCNC4)C(C)C3)cnc12. The van der Waals surface area contributed by atoms with Crippen molar-refractivity contribution in [3.8, 4) is 0 Å². The molecule has 5 rings (SSSR count). The Morgan fingerprint density at radius 3 is 2.79 bits per heavy atom. The lowest BCUT2D eigenvalue weighted by Gasteiger charge is -2.42. The summed E-state index contributed by atoms with van der Waals surface area (Å²) < 4.78 is 1.94. The number of hydrogen-bond acceptors (Lipinski definition) is 5. The van der Waals surface area contributed by atoms with Crippen LogP contribution in [0.1, 0.15) is 50.4 Å². The standard InChI is InChI=1S/C25H32Cl2N6/c1-15-14-32(10-8-20(15)18-5-4-9-28-12-18)23-13-29-24-16(2)31-33(25(24)30-23)17(3)21-7-6-19(26)11-22(21)27/h6-7,11,13,15,17-18,20,28H,4-5,8-10,12,14H2,1-3H3. The van der Waals surface area contributed by atoms with E-state index >= 15 is 0 Å². The number of aryl methyl sites for hydroxylation is 1. The second-order valence-electron chi connectivity index (χ2n) is 9.75. The van der Waals surface area contributed by atoms with E-state index in [1.165, 1.54) is 32.4 Å². The molecule has 4 atom stereocenters. The third-order valence-corrected chi connectivity index (χ3v) is 8.14. The summed E-state index contributed by atoms with van der Waals surface area (Å²) in [6, 6.07) is 5.52. The van der Waals surface area contributed by atoms with Crippen LogP contribution >= 0.6 is 23.2 Å². The van der Waals surface area contributed by atoms with Crippen molar-refractivity contribution in [3.63, 3.8) is 0 Å². The van der Waals surface area contributed by atoms with Crippen LogP contribution in [-0.4, -0.2) is 45.9 Å². The minimum atomic E-state index is -0.0843. The van der Waals surface area contributed by atoms with Gasteiger partial charge in [-0.1, -0.05) is 36.2 Å². The van der Waals surface area contributed by atoms with Gasteiger partial charge in [0, 0.05) is 23.1 Å². The number of anilines is 1. The van der Waals surface area contributed by atoms with Gasteiger partial charge in [0.05, 0.1) is 17.9 Å². The van der Waals surface area contributed by atoms with Crippen molar-refractivity contribution in [1.82, 2.24) is 25.1 Å². The number of piperidine rings is 2. The fraction of sp³-hybridized carbons (Fsp3) is 0.560. The monoisotopic (exact) mass is 486 g/mol. The third-order valence-electron chi connectivity index (χ3n) is 7.57. The third kappa shape index (κ3) is 4.45. The van der Waals surface area contributed by atoms with Crippen LogP contribution in [0.15, 0.2) is 24.4 Å². The van der Waals surface area contributed by atoms with Gasteiger partial charge in [0.1, 0.15) is 11.3 Å². The first kappa shape index (κ1) is 22.9. The van der Waals surface area contributed by atoms with Gasteiger partial charge in [0.15, 0.2) is 5.65 Å². The van der Waals surface area contributed by atoms with E-state index in [9.17, 15) is 0 Å². The molecule has 2 aliphatic rings. The van der Waals surface area contributed by atoms with Gasteiger partial charge in [0.2, 0.25) is 0 Å². The van der Waals surface area contributed by atoms with Gasteiger partial charge >= 0.3 is 0 Å². The Bertz CT molecular complexity index is 1140. The molecule has 6 nitrogen and oxygen atoms in total. The highest BCUT2D eigenvalue weighted by Crippen LogP contribution is 2.35. The lowest BCUT2D eigenvalue weighted by atomic mass is 9.74. The van der Waals surface area contributed by atoms with Crippen LogP contribution in [-0.2, 0) is 0 Å². The molecule has 4 unspecified atom stereocenters. The fourth-order valence-electron chi connectivity index (χ4n) is 5.75. The molecule has 0 spiro atoms. The first-order valence-corrected chi connectivity index (χ1v) is 12.8. The molecule has 1 N–H and O–H groups in total. The Morgan fingerprint density at radius 2 is 2.06 bits per heavy atom. The predicted molar refractivity (Wildman–Crippen MR) is 135 cm³/mol. The first-order chi connectivity index (χ1) is 15.9. The van der Waals surface area contributed by atoms with Gasteiger partial charge in [-0.2, -0.15) is 5.10 Å². The van der Waals surface area contributed by atoms with Gasteiger partial charge < -0.3 is 10.2 Å². The van der Waals surface area contributed by atoms with Crippen LogP contribution in [0.4, 0.5) is 5.82 Å². The van der Waals surface area contributed by atoms with Crippen LogP contribution in [0.25, 0.3) is 11.2 Å². The van der Waals surface area contributed by atoms with E-state index in [2.05, 4.69) is 24.1 Å². The zero-order valence-electron chi connectivity index (χ0n) is 19.6. The molecular weight excluding hydrogens is 455 g/mol. The highest BCUT2D eigenvalue weighted by atomic mass is 35.5. The quantitative estimate of drug-likeness (QED) is 0.526. The lowest BCUT2D eigenvalue weighted by molar-refractivity contribution is 0.171. The van der Waals surface area contributed by atoms with E-state index < -0.39 is 0 Å². The van der Waals surface area contributed by atoms with Crippen LogP contribution in [0, 0.1) is 24.7 Å². The number of benzene rings is 1.